The Labute approximate surface area is 82.1 Å². The summed E-state index contributed by atoms with van der Waals surface area (Å²) in [6.45, 7) is 4.74. The Morgan fingerprint density at radius 2 is 1.69 bits per heavy atom. The van der Waals surface area contributed by atoms with E-state index >= 15 is 0 Å². The third kappa shape index (κ3) is 1.76. The fraction of sp³-hybridized carbons (Fsp3) is 1.00. The van der Waals surface area contributed by atoms with Gasteiger partial charge in [0, 0.05) is 5.54 Å². The fourth-order valence-corrected chi connectivity index (χ4v) is 3.49. The van der Waals surface area contributed by atoms with Crippen LogP contribution in [0.5, 0.6) is 0 Å². The molecule has 0 aromatic heterocycles. The van der Waals surface area contributed by atoms with Crippen molar-refractivity contribution in [2.75, 3.05) is 0 Å². The van der Waals surface area contributed by atoms with Gasteiger partial charge in [0.05, 0.1) is 0 Å². The first-order valence-electron chi connectivity index (χ1n) is 5.81. The van der Waals surface area contributed by atoms with Crippen molar-refractivity contribution in [3.8, 4) is 0 Å². The molecule has 1 heteroatoms. The number of hydrogen-bond donors (Lipinski definition) is 1. The van der Waals surface area contributed by atoms with Crippen LogP contribution in [-0.4, -0.2) is 5.54 Å². The van der Waals surface area contributed by atoms with Crippen LogP contribution >= 0.6 is 0 Å². The second-order valence-corrected chi connectivity index (χ2v) is 6.06. The molecule has 1 nitrogen and oxygen atoms in total. The van der Waals surface area contributed by atoms with Gasteiger partial charge in [-0.05, 0) is 43.4 Å². The molecular weight excluding hydrogens is 158 g/mol. The van der Waals surface area contributed by atoms with Gasteiger partial charge in [-0.3, -0.25) is 0 Å². The number of nitrogens with two attached hydrogens (primary N) is 1. The lowest BCUT2D eigenvalue weighted by atomic mass is 9.79. The molecule has 0 bridgehead atoms. The summed E-state index contributed by atoms with van der Waals surface area (Å²) in [7, 11) is 0. The molecule has 1 unspecified atom stereocenters. The van der Waals surface area contributed by atoms with E-state index in [0.29, 0.717) is 5.41 Å². The van der Waals surface area contributed by atoms with Crippen molar-refractivity contribution in [1.82, 2.24) is 0 Å². The minimum atomic E-state index is 0.208. The lowest BCUT2D eigenvalue weighted by Crippen LogP contribution is -2.44. The average molecular weight is 181 g/mol. The van der Waals surface area contributed by atoms with E-state index in [4.69, 9.17) is 5.73 Å². The topological polar surface area (TPSA) is 26.0 Å². The quantitative estimate of drug-likeness (QED) is 0.661. The molecule has 13 heavy (non-hydrogen) atoms. The third-order valence-electron chi connectivity index (χ3n) is 4.24. The van der Waals surface area contributed by atoms with Crippen LogP contribution in [0.3, 0.4) is 0 Å². The van der Waals surface area contributed by atoms with Crippen LogP contribution < -0.4 is 5.73 Å². The Kier molecular flexibility index (Phi) is 2.18. The molecule has 0 heterocycles. The molecule has 76 valence electrons. The van der Waals surface area contributed by atoms with Crippen molar-refractivity contribution in [3.63, 3.8) is 0 Å². The van der Waals surface area contributed by atoms with Crippen LogP contribution in [0.25, 0.3) is 0 Å². The summed E-state index contributed by atoms with van der Waals surface area (Å²) in [5, 5.41) is 0. The van der Waals surface area contributed by atoms with Crippen LogP contribution in [0.1, 0.15) is 58.8 Å². The van der Waals surface area contributed by atoms with Gasteiger partial charge in [-0.1, -0.05) is 26.7 Å². The van der Waals surface area contributed by atoms with Crippen molar-refractivity contribution in [2.45, 2.75) is 64.3 Å². The van der Waals surface area contributed by atoms with Crippen molar-refractivity contribution >= 4 is 0 Å². The molecule has 2 fully saturated rings. The van der Waals surface area contributed by atoms with Gasteiger partial charge >= 0.3 is 0 Å². The van der Waals surface area contributed by atoms with Gasteiger partial charge in [0.1, 0.15) is 0 Å². The largest absolute Gasteiger partial charge is 0.325 e. The van der Waals surface area contributed by atoms with Gasteiger partial charge in [0.15, 0.2) is 0 Å². The van der Waals surface area contributed by atoms with Gasteiger partial charge in [0.25, 0.3) is 0 Å². The van der Waals surface area contributed by atoms with E-state index in [1.807, 2.05) is 0 Å². The molecule has 2 saturated carbocycles. The minimum absolute atomic E-state index is 0.208. The van der Waals surface area contributed by atoms with Crippen molar-refractivity contribution < 1.29 is 0 Å². The standard InChI is InChI=1S/C12H23N/c1-11(2)7-8-12(13,9-11)10-5-3-4-6-10/h10H,3-9,13H2,1-2H3. The minimum Gasteiger partial charge on any atom is -0.325 e. The molecule has 0 spiro atoms. The van der Waals surface area contributed by atoms with E-state index in [0.717, 1.165) is 5.92 Å². The Hall–Kier alpha value is -0.0400. The highest BCUT2D eigenvalue weighted by molar-refractivity contribution is 5.02. The molecule has 0 aliphatic heterocycles. The summed E-state index contributed by atoms with van der Waals surface area (Å²) in [5.41, 5.74) is 7.26. The highest BCUT2D eigenvalue weighted by atomic mass is 14.8. The first kappa shape index (κ1) is 9.51. The third-order valence-corrected chi connectivity index (χ3v) is 4.24. The molecular formula is C12H23N. The zero-order valence-electron chi connectivity index (χ0n) is 9.10. The second-order valence-electron chi connectivity index (χ2n) is 6.06. The molecule has 1 atom stereocenters. The van der Waals surface area contributed by atoms with E-state index in [1.54, 1.807) is 0 Å². The molecule has 0 saturated heterocycles. The number of rotatable bonds is 1. The molecule has 0 radical (unpaired) electrons. The maximum absolute atomic E-state index is 6.54. The van der Waals surface area contributed by atoms with Crippen molar-refractivity contribution in [2.24, 2.45) is 17.1 Å². The highest BCUT2D eigenvalue weighted by Crippen LogP contribution is 2.49. The molecule has 0 amide bonds. The van der Waals surface area contributed by atoms with E-state index in [1.165, 1.54) is 44.9 Å². The Bertz CT molecular complexity index is 191. The van der Waals surface area contributed by atoms with Gasteiger partial charge in [-0.2, -0.15) is 0 Å². The second kappa shape index (κ2) is 2.98. The summed E-state index contributed by atoms with van der Waals surface area (Å²) in [6.07, 6.45) is 9.49. The Morgan fingerprint density at radius 1 is 1.08 bits per heavy atom. The fourth-order valence-electron chi connectivity index (χ4n) is 3.49. The van der Waals surface area contributed by atoms with Crippen LogP contribution in [-0.2, 0) is 0 Å². The molecule has 0 aromatic rings. The smallest absolute Gasteiger partial charge is 0.0188 e. The zero-order chi connectivity index (χ0) is 9.53. The van der Waals surface area contributed by atoms with Crippen LogP contribution in [0.2, 0.25) is 0 Å². The average Bonchev–Trinajstić information content (AvgIpc) is 2.58. The molecule has 2 rings (SSSR count). The molecule has 2 N–H and O–H groups in total. The maximum Gasteiger partial charge on any atom is 0.0188 e. The lowest BCUT2D eigenvalue weighted by Gasteiger charge is -2.32. The molecule has 2 aliphatic carbocycles. The van der Waals surface area contributed by atoms with E-state index < -0.39 is 0 Å². The Balaban J connectivity index is 2.05. The van der Waals surface area contributed by atoms with E-state index in [2.05, 4.69) is 13.8 Å². The van der Waals surface area contributed by atoms with E-state index in [9.17, 15) is 0 Å². The zero-order valence-corrected chi connectivity index (χ0v) is 9.10. The molecule has 0 aromatic carbocycles. The summed E-state index contributed by atoms with van der Waals surface area (Å²) >= 11 is 0. The SMILES string of the molecule is CC1(C)CCC(N)(C2CCCC2)C1. The summed E-state index contributed by atoms with van der Waals surface area (Å²) in [4.78, 5) is 0. The summed E-state index contributed by atoms with van der Waals surface area (Å²) < 4.78 is 0. The monoisotopic (exact) mass is 181 g/mol. The van der Waals surface area contributed by atoms with Gasteiger partial charge in [-0.15, -0.1) is 0 Å². The predicted octanol–water partition coefficient (Wildman–Crippen LogP) is 3.08. The van der Waals surface area contributed by atoms with Crippen molar-refractivity contribution in [1.29, 1.82) is 0 Å². The summed E-state index contributed by atoms with van der Waals surface area (Å²) in [5.74, 6) is 0.842. The van der Waals surface area contributed by atoms with E-state index in [-0.39, 0.29) is 5.54 Å². The van der Waals surface area contributed by atoms with Crippen LogP contribution in [0.15, 0.2) is 0 Å². The first-order chi connectivity index (χ1) is 6.02. The lowest BCUT2D eigenvalue weighted by molar-refractivity contribution is 0.249. The Morgan fingerprint density at radius 3 is 2.15 bits per heavy atom. The normalized spacial score (nSPS) is 39.9. The van der Waals surface area contributed by atoms with Gasteiger partial charge in [0.2, 0.25) is 0 Å². The maximum atomic E-state index is 6.54. The van der Waals surface area contributed by atoms with Crippen LogP contribution in [0, 0.1) is 11.3 Å². The van der Waals surface area contributed by atoms with Gasteiger partial charge < -0.3 is 5.73 Å². The van der Waals surface area contributed by atoms with Crippen molar-refractivity contribution in [3.05, 3.63) is 0 Å². The first-order valence-corrected chi connectivity index (χ1v) is 5.81. The van der Waals surface area contributed by atoms with Crippen LogP contribution in [0.4, 0.5) is 0 Å². The highest BCUT2D eigenvalue weighted by Gasteiger charge is 2.45. The number of hydrogen-bond acceptors (Lipinski definition) is 1. The summed E-state index contributed by atoms with van der Waals surface area (Å²) in [6, 6.07) is 0. The predicted molar refractivity (Wildman–Crippen MR) is 56.5 cm³/mol. The van der Waals surface area contributed by atoms with Gasteiger partial charge in [-0.25, -0.2) is 0 Å². The molecule has 2 aliphatic rings.